The van der Waals surface area contributed by atoms with Crippen molar-refractivity contribution in [2.45, 2.75) is 6.42 Å². The maximum Gasteiger partial charge on any atom is 0.227 e. The monoisotopic (exact) mass is 363 g/mol. The summed E-state index contributed by atoms with van der Waals surface area (Å²) in [6.07, 6.45) is 0.191. The first kappa shape index (κ1) is 17.2. The van der Waals surface area contributed by atoms with E-state index >= 15 is 0 Å². The lowest BCUT2D eigenvalue weighted by Gasteiger charge is -2.20. The molecule has 0 spiro atoms. The van der Waals surface area contributed by atoms with Gasteiger partial charge in [0, 0.05) is 12.1 Å². The van der Waals surface area contributed by atoms with Crippen molar-refractivity contribution in [2.24, 2.45) is 0 Å². The number of halogens is 1. The minimum Gasteiger partial charge on any atom is -0.497 e. The zero-order valence-corrected chi connectivity index (χ0v) is 14.5. The minimum absolute atomic E-state index is 0.191. The molecule has 3 rings (SSSR count). The largest absolute Gasteiger partial charge is 0.497 e. The predicted octanol–water partition coefficient (Wildman–Crippen LogP) is 3.53. The Kier molecular flexibility index (Phi) is 5.50. The van der Waals surface area contributed by atoms with Gasteiger partial charge in [-0.05, 0) is 24.3 Å². The number of hydrogen-bond acceptors (Lipinski definition) is 5. The first-order valence-electron chi connectivity index (χ1n) is 7.81. The normalized spacial score (nSPS) is 12.4. The van der Waals surface area contributed by atoms with Crippen LogP contribution in [0.3, 0.4) is 0 Å². The Bertz CT molecular complexity index is 748. The quantitative estimate of drug-likeness (QED) is 0.850. The number of carbonyl (C=O) groups is 1. The lowest BCUT2D eigenvalue weighted by molar-refractivity contribution is -0.116. The van der Waals surface area contributed by atoms with Gasteiger partial charge in [-0.3, -0.25) is 4.79 Å². The lowest BCUT2D eigenvalue weighted by Crippen LogP contribution is -2.18. The molecule has 0 saturated carbocycles. The van der Waals surface area contributed by atoms with E-state index in [0.29, 0.717) is 41.2 Å². The average molecular weight is 364 g/mol. The molecule has 7 heteroatoms. The maximum absolute atomic E-state index is 12.1. The molecule has 0 atom stereocenters. The van der Waals surface area contributed by atoms with Crippen molar-refractivity contribution in [3.05, 3.63) is 41.4 Å². The number of carbonyl (C=O) groups excluding carboxylic acids is 1. The van der Waals surface area contributed by atoms with Gasteiger partial charge in [0.05, 0.1) is 30.8 Å². The second-order valence-electron chi connectivity index (χ2n) is 5.30. The molecule has 2 aromatic rings. The van der Waals surface area contributed by atoms with Gasteiger partial charge in [-0.15, -0.1) is 0 Å². The molecule has 0 saturated heterocycles. The van der Waals surface area contributed by atoms with Crippen LogP contribution in [0, 0.1) is 0 Å². The Balaban J connectivity index is 1.52. The second-order valence-corrected chi connectivity index (χ2v) is 5.71. The number of rotatable bonds is 6. The summed E-state index contributed by atoms with van der Waals surface area (Å²) >= 11 is 6.17. The number of benzene rings is 2. The van der Waals surface area contributed by atoms with Gasteiger partial charge in [0.2, 0.25) is 5.91 Å². The molecule has 0 unspecified atom stereocenters. The average Bonchev–Trinajstić information content (AvgIpc) is 2.63. The van der Waals surface area contributed by atoms with Crippen LogP contribution in [-0.2, 0) is 4.79 Å². The van der Waals surface area contributed by atoms with Gasteiger partial charge >= 0.3 is 0 Å². The molecular weight excluding hydrogens is 346 g/mol. The Labute approximate surface area is 150 Å². The van der Waals surface area contributed by atoms with Crippen molar-refractivity contribution in [1.29, 1.82) is 0 Å². The highest BCUT2D eigenvalue weighted by Gasteiger charge is 2.16. The van der Waals surface area contributed by atoms with E-state index in [0.717, 1.165) is 5.75 Å². The van der Waals surface area contributed by atoms with E-state index in [9.17, 15) is 4.79 Å². The summed E-state index contributed by atoms with van der Waals surface area (Å²) in [6, 6.07) is 10.5. The third kappa shape index (κ3) is 4.48. The molecule has 0 radical (unpaired) electrons. The predicted molar refractivity (Wildman–Crippen MR) is 94.2 cm³/mol. The molecule has 1 amide bonds. The molecule has 1 aliphatic heterocycles. The van der Waals surface area contributed by atoms with Crippen LogP contribution in [0.5, 0.6) is 23.0 Å². The SMILES string of the molecule is COc1ccc(OCCC(=O)Nc2cc3c(cc2Cl)OCCO3)cc1. The van der Waals surface area contributed by atoms with E-state index in [-0.39, 0.29) is 18.9 Å². The van der Waals surface area contributed by atoms with Crippen molar-refractivity contribution in [2.75, 3.05) is 32.2 Å². The highest BCUT2D eigenvalue weighted by atomic mass is 35.5. The van der Waals surface area contributed by atoms with Crippen LogP contribution in [0.2, 0.25) is 5.02 Å². The van der Waals surface area contributed by atoms with E-state index < -0.39 is 0 Å². The Morgan fingerprint density at radius 3 is 2.44 bits per heavy atom. The van der Waals surface area contributed by atoms with Gasteiger partial charge < -0.3 is 24.3 Å². The number of amides is 1. The van der Waals surface area contributed by atoms with Gasteiger partial charge in [-0.1, -0.05) is 11.6 Å². The molecule has 0 aromatic heterocycles. The van der Waals surface area contributed by atoms with Crippen molar-refractivity contribution in [1.82, 2.24) is 0 Å². The summed E-state index contributed by atoms with van der Waals surface area (Å²) in [4.78, 5) is 12.1. The Hall–Kier alpha value is -2.60. The van der Waals surface area contributed by atoms with Crippen LogP contribution in [0.4, 0.5) is 5.69 Å². The van der Waals surface area contributed by atoms with E-state index in [2.05, 4.69) is 5.32 Å². The molecule has 0 fully saturated rings. The van der Waals surface area contributed by atoms with Crippen molar-refractivity contribution in [3.8, 4) is 23.0 Å². The highest BCUT2D eigenvalue weighted by Crippen LogP contribution is 2.37. The van der Waals surface area contributed by atoms with Gasteiger partial charge in [0.15, 0.2) is 11.5 Å². The van der Waals surface area contributed by atoms with Crippen LogP contribution in [0.15, 0.2) is 36.4 Å². The van der Waals surface area contributed by atoms with Gasteiger partial charge in [0.25, 0.3) is 0 Å². The summed E-state index contributed by atoms with van der Waals surface area (Å²) in [5, 5.41) is 3.16. The van der Waals surface area contributed by atoms with Crippen LogP contribution in [0.25, 0.3) is 0 Å². The van der Waals surface area contributed by atoms with Crippen molar-refractivity contribution in [3.63, 3.8) is 0 Å². The fourth-order valence-corrected chi connectivity index (χ4v) is 2.51. The van der Waals surface area contributed by atoms with E-state index in [1.165, 1.54) is 0 Å². The topological polar surface area (TPSA) is 66.0 Å². The fraction of sp³-hybridized carbons (Fsp3) is 0.278. The van der Waals surface area contributed by atoms with E-state index in [1.54, 1.807) is 43.5 Å². The zero-order valence-electron chi connectivity index (χ0n) is 13.7. The van der Waals surface area contributed by atoms with Gasteiger partial charge in [0.1, 0.15) is 24.7 Å². The van der Waals surface area contributed by atoms with E-state index in [1.807, 2.05) is 0 Å². The molecule has 6 nitrogen and oxygen atoms in total. The molecule has 132 valence electrons. The molecule has 1 aliphatic rings. The number of hydrogen-bond donors (Lipinski definition) is 1. The molecule has 0 bridgehead atoms. The fourth-order valence-electron chi connectivity index (χ4n) is 2.31. The molecule has 0 aliphatic carbocycles. The Morgan fingerprint density at radius 1 is 1.12 bits per heavy atom. The third-order valence-electron chi connectivity index (χ3n) is 3.56. The summed E-state index contributed by atoms with van der Waals surface area (Å²) in [5.74, 6) is 2.37. The number of nitrogens with one attached hydrogen (secondary N) is 1. The second kappa shape index (κ2) is 7.98. The van der Waals surface area contributed by atoms with Crippen LogP contribution < -0.4 is 24.3 Å². The molecule has 25 heavy (non-hydrogen) atoms. The Morgan fingerprint density at radius 2 is 1.76 bits per heavy atom. The third-order valence-corrected chi connectivity index (χ3v) is 3.88. The number of fused-ring (bicyclic) bond motifs is 1. The number of methoxy groups -OCH3 is 1. The minimum atomic E-state index is -0.202. The first-order valence-corrected chi connectivity index (χ1v) is 8.19. The smallest absolute Gasteiger partial charge is 0.227 e. The summed E-state index contributed by atoms with van der Waals surface area (Å²) in [7, 11) is 1.60. The number of ether oxygens (including phenoxy) is 4. The number of anilines is 1. The van der Waals surface area contributed by atoms with Crippen LogP contribution >= 0.6 is 11.6 Å². The van der Waals surface area contributed by atoms with Crippen LogP contribution in [0.1, 0.15) is 6.42 Å². The lowest BCUT2D eigenvalue weighted by atomic mass is 10.2. The highest BCUT2D eigenvalue weighted by molar-refractivity contribution is 6.34. The maximum atomic E-state index is 12.1. The molecule has 1 N–H and O–H groups in total. The summed E-state index contributed by atoms with van der Waals surface area (Å²) in [6.45, 7) is 1.20. The molecular formula is C18H18ClNO5. The van der Waals surface area contributed by atoms with Crippen LogP contribution in [-0.4, -0.2) is 32.8 Å². The van der Waals surface area contributed by atoms with Gasteiger partial charge in [-0.2, -0.15) is 0 Å². The van der Waals surface area contributed by atoms with E-state index in [4.69, 9.17) is 30.5 Å². The molecule has 2 aromatic carbocycles. The standard InChI is InChI=1S/C18H18ClNO5/c1-22-12-2-4-13(5-3-12)23-7-6-18(21)20-15-11-17-16(10-14(15)19)24-8-9-25-17/h2-5,10-11H,6-9H2,1H3,(H,20,21). The van der Waals surface area contributed by atoms with Crippen molar-refractivity contribution < 1.29 is 23.7 Å². The zero-order chi connectivity index (χ0) is 17.6. The summed E-state index contributed by atoms with van der Waals surface area (Å²) in [5.41, 5.74) is 0.486. The first-order chi connectivity index (χ1) is 12.2. The van der Waals surface area contributed by atoms with Crippen molar-refractivity contribution >= 4 is 23.2 Å². The molecule has 1 heterocycles. The van der Waals surface area contributed by atoms with Gasteiger partial charge in [-0.25, -0.2) is 0 Å². The summed E-state index contributed by atoms with van der Waals surface area (Å²) < 4.78 is 21.6.